The maximum absolute atomic E-state index is 10.9. The van der Waals surface area contributed by atoms with E-state index in [1.807, 2.05) is 13.8 Å². The first kappa shape index (κ1) is 8.27. The van der Waals surface area contributed by atoms with Crippen molar-refractivity contribution in [1.29, 1.82) is 0 Å². The largest absolute Gasteiger partial charge is 0.371 e. The van der Waals surface area contributed by atoms with Gasteiger partial charge in [0.1, 0.15) is 5.60 Å². The highest BCUT2D eigenvalue weighted by Gasteiger charge is 2.44. The normalized spacial score (nSPS) is 22.0. The Morgan fingerprint density at radius 1 is 1.45 bits per heavy atom. The molecule has 0 aromatic heterocycles. The van der Waals surface area contributed by atoms with Crippen molar-refractivity contribution in [2.45, 2.75) is 32.3 Å². The minimum atomic E-state index is -0.558. The topological polar surface area (TPSA) is 35.5 Å². The fourth-order valence-electron chi connectivity index (χ4n) is 1.20. The average Bonchev–Trinajstić information content (AvgIpc) is 2.32. The molecule has 0 aliphatic carbocycles. The minimum Gasteiger partial charge on any atom is -0.292 e. The molecule has 1 rings (SSSR count). The van der Waals surface area contributed by atoms with Gasteiger partial charge in [0, 0.05) is 0 Å². The van der Waals surface area contributed by atoms with Crippen LogP contribution in [0.1, 0.15) is 26.7 Å². The summed E-state index contributed by atoms with van der Waals surface area (Å²) < 4.78 is 0. The predicted molar refractivity (Wildman–Crippen MR) is 39.6 cm³/mol. The number of hydrogen-bond acceptors (Lipinski definition) is 3. The molecule has 0 bridgehead atoms. The van der Waals surface area contributed by atoms with Crippen LogP contribution in [0.5, 0.6) is 0 Å². The molecule has 0 spiro atoms. The third kappa shape index (κ3) is 1.05. The summed E-state index contributed by atoms with van der Waals surface area (Å²) in [6, 6.07) is 0. The fourth-order valence-corrected chi connectivity index (χ4v) is 1.20. The van der Waals surface area contributed by atoms with Crippen molar-refractivity contribution in [1.82, 2.24) is 0 Å². The van der Waals surface area contributed by atoms with Gasteiger partial charge in [0.25, 0.3) is 0 Å². The van der Waals surface area contributed by atoms with Crippen molar-refractivity contribution in [3.8, 4) is 0 Å². The van der Waals surface area contributed by atoms with Crippen LogP contribution >= 0.6 is 0 Å². The van der Waals surface area contributed by atoms with Gasteiger partial charge in [0.15, 0.2) is 0 Å². The van der Waals surface area contributed by atoms with Crippen LogP contribution in [-0.2, 0) is 14.6 Å². The number of carbonyl (C=O) groups excluding carboxylic acids is 1. The molecule has 0 N–H and O–H groups in total. The van der Waals surface area contributed by atoms with Gasteiger partial charge in [0.05, 0.1) is 5.57 Å². The van der Waals surface area contributed by atoms with Gasteiger partial charge in [-0.3, -0.25) is 4.89 Å². The first-order valence-corrected chi connectivity index (χ1v) is 3.75. The molecule has 0 aromatic carbocycles. The van der Waals surface area contributed by atoms with Crippen LogP contribution in [0.15, 0.2) is 12.2 Å². The van der Waals surface area contributed by atoms with Crippen molar-refractivity contribution in [2.24, 2.45) is 0 Å². The Hall–Kier alpha value is -0.830. The molecule has 11 heavy (non-hydrogen) atoms. The van der Waals surface area contributed by atoms with E-state index < -0.39 is 11.6 Å². The molecule has 0 amide bonds. The van der Waals surface area contributed by atoms with Gasteiger partial charge in [-0.1, -0.05) is 20.4 Å². The minimum absolute atomic E-state index is 0.433. The van der Waals surface area contributed by atoms with E-state index in [1.165, 1.54) is 0 Å². The van der Waals surface area contributed by atoms with Gasteiger partial charge in [0.2, 0.25) is 0 Å². The molecule has 0 saturated carbocycles. The Morgan fingerprint density at radius 3 is 2.18 bits per heavy atom. The second kappa shape index (κ2) is 2.66. The molecule has 1 saturated heterocycles. The van der Waals surface area contributed by atoms with Crippen LogP contribution in [0.2, 0.25) is 0 Å². The van der Waals surface area contributed by atoms with Gasteiger partial charge in [-0.25, -0.2) is 4.79 Å². The SMILES string of the molecule is C=C1C(=O)OOC1(CC)CC. The van der Waals surface area contributed by atoms with E-state index in [4.69, 9.17) is 4.89 Å². The zero-order valence-corrected chi connectivity index (χ0v) is 6.85. The van der Waals surface area contributed by atoms with E-state index in [-0.39, 0.29) is 0 Å². The van der Waals surface area contributed by atoms with Gasteiger partial charge < -0.3 is 0 Å². The summed E-state index contributed by atoms with van der Waals surface area (Å²) in [6.07, 6.45) is 1.43. The Balaban J connectivity index is 2.86. The number of hydrogen-bond donors (Lipinski definition) is 0. The molecule has 1 aliphatic rings. The van der Waals surface area contributed by atoms with E-state index in [0.717, 1.165) is 0 Å². The summed E-state index contributed by atoms with van der Waals surface area (Å²) in [5, 5.41) is 0. The van der Waals surface area contributed by atoms with Crippen molar-refractivity contribution in [3.05, 3.63) is 12.2 Å². The highest BCUT2D eigenvalue weighted by Crippen LogP contribution is 2.34. The van der Waals surface area contributed by atoms with E-state index in [2.05, 4.69) is 11.5 Å². The van der Waals surface area contributed by atoms with Crippen LogP contribution in [0.25, 0.3) is 0 Å². The average molecular weight is 156 g/mol. The summed E-state index contributed by atoms with van der Waals surface area (Å²) in [7, 11) is 0. The molecule has 1 aliphatic heterocycles. The lowest BCUT2D eigenvalue weighted by molar-refractivity contribution is -0.292. The van der Waals surface area contributed by atoms with Crippen molar-refractivity contribution in [2.75, 3.05) is 0 Å². The molecular weight excluding hydrogens is 144 g/mol. The Kier molecular flexibility index (Phi) is 2.00. The highest BCUT2D eigenvalue weighted by atomic mass is 17.2. The second-order valence-corrected chi connectivity index (χ2v) is 2.63. The maximum atomic E-state index is 10.9. The standard InChI is InChI=1S/C8H12O3/c1-4-8(5-2)6(3)7(9)10-11-8/h3-5H2,1-2H3. The van der Waals surface area contributed by atoms with Crippen molar-refractivity contribution in [3.63, 3.8) is 0 Å². The maximum Gasteiger partial charge on any atom is 0.371 e. The highest BCUT2D eigenvalue weighted by molar-refractivity contribution is 5.91. The van der Waals surface area contributed by atoms with E-state index in [9.17, 15) is 4.79 Å². The second-order valence-electron chi connectivity index (χ2n) is 2.63. The molecule has 62 valence electrons. The molecule has 3 heteroatoms. The number of rotatable bonds is 2. The summed E-state index contributed by atoms with van der Waals surface area (Å²) in [6.45, 7) is 7.51. The van der Waals surface area contributed by atoms with Crippen molar-refractivity contribution >= 4 is 5.97 Å². The van der Waals surface area contributed by atoms with Crippen LogP contribution in [0, 0.1) is 0 Å². The number of carbonyl (C=O) groups is 1. The Labute approximate surface area is 65.9 Å². The zero-order chi connectivity index (χ0) is 8.48. The van der Waals surface area contributed by atoms with Gasteiger partial charge in [-0.05, 0) is 12.8 Å². The third-order valence-electron chi connectivity index (χ3n) is 2.22. The van der Waals surface area contributed by atoms with Crippen molar-refractivity contribution < 1.29 is 14.6 Å². The van der Waals surface area contributed by atoms with Crippen LogP contribution < -0.4 is 0 Å². The predicted octanol–water partition coefficient (Wildman–Crippen LogP) is 1.59. The monoisotopic (exact) mass is 156 g/mol. The van der Waals surface area contributed by atoms with Gasteiger partial charge in [-0.2, -0.15) is 4.89 Å². The van der Waals surface area contributed by atoms with Crippen LogP contribution in [0.3, 0.4) is 0 Å². The van der Waals surface area contributed by atoms with E-state index in [1.54, 1.807) is 0 Å². The first-order chi connectivity index (χ1) is 5.16. The van der Waals surface area contributed by atoms with Crippen LogP contribution in [-0.4, -0.2) is 11.6 Å². The Morgan fingerprint density at radius 2 is 2.00 bits per heavy atom. The molecule has 0 aromatic rings. The molecule has 0 radical (unpaired) electrons. The Bertz CT molecular complexity index is 192. The molecular formula is C8H12O3. The molecule has 3 nitrogen and oxygen atoms in total. The third-order valence-corrected chi connectivity index (χ3v) is 2.22. The van der Waals surface area contributed by atoms with E-state index >= 15 is 0 Å². The van der Waals surface area contributed by atoms with Gasteiger partial charge in [-0.15, -0.1) is 0 Å². The summed E-state index contributed by atoms with van der Waals surface area (Å²) >= 11 is 0. The molecule has 1 fully saturated rings. The summed E-state index contributed by atoms with van der Waals surface area (Å²) in [5.74, 6) is -0.436. The molecule has 1 heterocycles. The lowest BCUT2D eigenvalue weighted by Crippen LogP contribution is -2.27. The quantitative estimate of drug-likeness (QED) is 0.450. The van der Waals surface area contributed by atoms with Gasteiger partial charge >= 0.3 is 5.97 Å². The summed E-state index contributed by atoms with van der Waals surface area (Å²) in [4.78, 5) is 20.2. The lowest BCUT2D eigenvalue weighted by Gasteiger charge is -2.20. The fraction of sp³-hybridized carbons (Fsp3) is 0.625. The lowest BCUT2D eigenvalue weighted by atomic mass is 9.90. The van der Waals surface area contributed by atoms with E-state index in [0.29, 0.717) is 18.4 Å². The van der Waals surface area contributed by atoms with Crippen LogP contribution in [0.4, 0.5) is 0 Å². The summed E-state index contributed by atoms with van der Waals surface area (Å²) in [5.41, 5.74) is -0.126. The smallest absolute Gasteiger partial charge is 0.292 e. The molecule has 0 atom stereocenters. The first-order valence-electron chi connectivity index (χ1n) is 3.75. The molecule has 0 unspecified atom stereocenters. The zero-order valence-electron chi connectivity index (χ0n) is 6.85.